The summed E-state index contributed by atoms with van der Waals surface area (Å²) in [6, 6.07) is 14.0. The molecule has 1 aromatic heterocycles. The molecule has 2 heterocycles. The van der Waals surface area contributed by atoms with Crippen molar-refractivity contribution >= 4 is 23.5 Å². The average Bonchev–Trinajstić information content (AvgIpc) is 2.85. The second-order valence-electron chi connectivity index (χ2n) is 9.80. The molecule has 2 aromatic rings. The molecule has 9 heteroatoms. The molecule has 1 saturated heterocycles. The van der Waals surface area contributed by atoms with Crippen LogP contribution in [-0.4, -0.2) is 59.2 Å². The van der Waals surface area contributed by atoms with Gasteiger partial charge in [0, 0.05) is 25.7 Å². The number of pyridine rings is 1. The van der Waals surface area contributed by atoms with Crippen molar-refractivity contribution in [3.63, 3.8) is 0 Å². The summed E-state index contributed by atoms with van der Waals surface area (Å²) in [5.41, 5.74) is 7.09. The minimum absolute atomic E-state index is 0.313. The van der Waals surface area contributed by atoms with Crippen molar-refractivity contribution in [1.29, 1.82) is 10.5 Å². The number of hydrogen-bond acceptors (Lipinski definition) is 8. The number of likely N-dealkylation sites (N-methyl/N-ethyl adjacent to an activating group) is 1. The third-order valence-electron chi connectivity index (χ3n) is 6.44. The molecular weight excluding hydrogens is 472 g/mol. The van der Waals surface area contributed by atoms with Gasteiger partial charge in [0.15, 0.2) is 0 Å². The largest absolute Gasteiger partial charge is 0.389 e. The molecule has 0 bridgehead atoms. The van der Waals surface area contributed by atoms with E-state index >= 15 is 0 Å². The molecule has 8 nitrogen and oxygen atoms in total. The van der Waals surface area contributed by atoms with Crippen LogP contribution in [0, 0.1) is 22.7 Å². The number of amides is 1. The van der Waals surface area contributed by atoms with Gasteiger partial charge >= 0.3 is 0 Å². The lowest BCUT2D eigenvalue weighted by Crippen LogP contribution is -2.48. The SMILES string of the molecule is CCc1c(C#N)c(SC(C(N)=O)c2ccccc2)nc(N2CCC(N(C)CC(C)(C)O)CC2)c1C#N. The predicted molar refractivity (Wildman–Crippen MR) is 141 cm³/mol. The molecule has 1 aliphatic heterocycles. The molecular formula is C27H34N6O2S. The van der Waals surface area contributed by atoms with Crippen LogP contribution in [0.5, 0.6) is 0 Å². The number of carbonyl (C=O) groups excluding carboxylic acids is 1. The number of aromatic nitrogens is 1. The van der Waals surface area contributed by atoms with Gasteiger partial charge in [-0.15, -0.1) is 0 Å². The van der Waals surface area contributed by atoms with E-state index in [0.29, 0.717) is 59.6 Å². The second kappa shape index (κ2) is 11.7. The van der Waals surface area contributed by atoms with E-state index in [4.69, 9.17) is 10.7 Å². The first-order chi connectivity index (χ1) is 17.1. The van der Waals surface area contributed by atoms with Crippen molar-refractivity contribution in [2.24, 2.45) is 5.73 Å². The zero-order valence-corrected chi connectivity index (χ0v) is 22.2. The van der Waals surface area contributed by atoms with Crippen molar-refractivity contribution in [2.75, 3.05) is 31.6 Å². The number of aliphatic hydroxyl groups is 1. The second-order valence-corrected chi connectivity index (χ2v) is 10.9. The Balaban J connectivity index is 1.96. The van der Waals surface area contributed by atoms with Gasteiger partial charge in [0.1, 0.15) is 28.2 Å². The number of anilines is 1. The lowest BCUT2D eigenvalue weighted by Gasteiger charge is -2.39. The fraction of sp³-hybridized carbons (Fsp3) is 0.481. The minimum atomic E-state index is -0.771. The summed E-state index contributed by atoms with van der Waals surface area (Å²) in [6.45, 7) is 7.48. The molecule has 1 amide bonds. The summed E-state index contributed by atoms with van der Waals surface area (Å²) in [6.07, 6.45) is 2.21. The van der Waals surface area contributed by atoms with Gasteiger partial charge in [-0.25, -0.2) is 4.98 Å². The maximum Gasteiger partial charge on any atom is 0.235 e. The first-order valence-electron chi connectivity index (χ1n) is 12.1. The number of thioether (sulfide) groups is 1. The lowest BCUT2D eigenvalue weighted by atomic mass is 9.98. The maximum atomic E-state index is 12.4. The van der Waals surface area contributed by atoms with E-state index in [1.54, 1.807) is 13.8 Å². The van der Waals surface area contributed by atoms with E-state index in [2.05, 4.69) is 21.9 Å². The normalized spacial score (nSPS) is 15.4. The van der Waals surface area contributed by atoms with Gasteiger partial charge in [0.05, 0.1) is 16.7 Å². The van der Waals surface area contributed by atoms with Crippen molar-refractivity contribution in [1.82, 2.24) is 9.88 Å². The molecule has 1 aromatic carbocycles. The molecule has 190 valence electrons. The van der Waals surface area contributed by atoms with Crippen LogP contribution in [0.4, 0.5) is 5.82 Å². The third-order valence-corrected chi connectivity index (χ3v) is 7.70. The van der Waals surface area contributed by atoms with E-state index in [0.717, 1.165) is 30.2 Å². The van der Waals surface area contributed by atoms with Gasteiger partial charge in [0.25, 0.3) is 0 Å². The highest BCUT2D eigenvalue weighted by Crippen LogP contribution is 2.40. The first kappa shape index (κ1) is 27.5. The van der Waals surface area contributed by atoms with E-state index in [1.165, 1.54) is 0 Å². The standard InChI is InChI=1S/C27H34N6O2S/c1-5-20-21(15-28)25(33-13-11-19(12-14-33)32(4)17-27(2,3)35)31-26(22(20)16-29)36-23(24(30)34)18-9-7-6-8-10-18/h6-10,19,23,35H,5,11-14,17H2,1-4H3,(H2,30,34). The molecule has 0 aliphatic carbocycles. The summed E-state index contributed by atoms with van der Waals surface area (Å²) in [7, 11) is 2.02. The quantitative estimate of drug-likeness (QED) is 0.495. The number of primary amides is 1. The molecule has 1 unspecified atom stereocenters. The van der Waals surface area contributed by atoms with E-state index in [1.807, 2.05) is 44.3 Å². The molecule has 3 N–H and O–H groups in total. The van der Waals surface area contributed by atoms with Crippen LogP contribution in [-0.2, 0) is 11.2 Å². The number of nitrogens with two attached hydrogens (primary N) is 1. The Kier molecular flexibility index (Phi) is 8.97. The average molecular weight is 507 g/mol. The highest BCUT2D eigenvalue weighted by molar-refractivity contribution is 8.00. The predicted octanol–water partition coefficient (Wildman–Crippen LogP) is 3.38. The Labute approximate surface area is 217 Å². The van der Waals surface area contributed by atoms with Crippen LogP contribution in [0.15, 0.2) is 35.4 Å². The molecule has 36 heavy (non-hydrogen) atoms. The van der Waals surface area contributed by atoms with E-state index < -0.39 is 16.8 Å². The summed E-state index contributed by atoms with van der Waals surface area (Å²) in [5.74, 6) is 0.0345. The fourth-order valence-electron chi connectivity index (χ4n) is 4.79. The Bertz CT molecular complexity index is 1160. The smallest absolute Gasteiger partial charge is 0.235 e. The Hall–Kier alpha value is -3.11. The van der Waals surface area contributed by atoms with Crippen molar-refractivity contribution in [3.05, 3.63) is 52.6 Å². The van der Waals surface area contributed by atoms with E-state index in [-0.39, 0.29) is 0 Å². The number of piperidine rings is 1. The van der Waals surface area contributed by atoms with Gasteiger partial charge < -0.3 is 20.6 Å². The van der Waals surface area contributed by atoms with Crippen LogP contribution in [0.3, 0.4) is 0 Å². The number of nitriles is 2. The number of nitrogens with zero attached hydrogens (tertiary/aromatic N) is 5. The molecule has 1 fully saturated rings. The Morgan fingerprint density at radius 2 is 1.86 bits per heavy atom. The lowest BCUT2D eigenvalue weighted by molar-refractivity contribution is -0.117. The molecule has 1 aliphatic rings. The van der Waals surface area contributed by atoms with Gasteiger partial charge in [-0.2, -0.15) is 10.5 Å². The first-order valence-corrected chi connectivity index (χ1v) is 13.0. The number of rotatable bonds is 9. The van der Waals surface area contributed by atoms with Crippen LogP contribution in [0.25, 0.3) is 0 Å². The molecule has 0 radical (unpaired) electrons. The maximum absolute atomic E-state index is 12.4. The van der Waals surface area contributed by atoms with Crippen LogP contribution in [0.2, 0.25) is 0 Å². The summed E-state index contributed by atoms with van der Waals surface area (Å²) in [5, 5.41) is 29.9. The van der Waals surface area contributed by atoms with Gasteiger partial charge in [0.2, 0.25) is 5.91 Å². The third kappa shape index (κ3) is 6.36. The molecule has 3 rings (SSSR count). The zero-order chi connectivity index (χ0) is 26.5. The van der Waals surface area contributed by atoms with Crippen LogP contribution in [0.1, 0.15) is 61.1 Å². The molecule has 1 atom stereocenters. The Morgan fingerprint density at radius 3 is 2.36 bits per heavy atom. The zero-order valence-electron chi connectivity index (χ0n) is 21.4. The van der Waals surface area contributed by atoms with Crippen molar-refractivity contribution in [3.8, 4) is 12.1 Å². The number of benzene rings is 1. The fourth-order valence-corrected chi connectivity index (χ4v) is 5.84. The summed E-state index contributed by atoms with van der Waals surface area (Å²) < 4.78 is 0. The van der Waals surface area contributed by atoms with Crippen molar-refractivity contribution < 1.29 is 9.90 Å². The van der Waals surface area contributed by atoms with Gasteiger partial charge in [-0.1, -0.05) is 49.0 Å². The highest BCUT2D eigenvalue weighted by atomic mass is 32.2. The minimum Gasteiger partial charge on any atom is -0.389 e. The summed E-state index contributed by atoms with van der Waals surface area (Å²) in [4.78, 5) is 21.5. The van der Waals surface area contributed by atoms with Crippen LogP contribution >= 0.6 is 11.8 Å². The highest BCUT2D eigenvalue weighted by Gasteiger charge is 2.30. The Morgan fingerprint density at radius 1 is 1.25 bits per heavy atom. The van der Waals surface area contributed by atoms with Crippen LogP contribution < -0.4 is 10.6 Å². The topological polar surface area (TPSA) is 130 Å². The number of carbonyl (C=O) groups is 1. The van der Waals surface area contributed by atoms with Gasteiger partial charge in [-0.3, -0.25) is 4.79 Å². The van der Waals surface area contributed by atoms with E-state index in [9.17, 15) is 20.4 Å². The van der Waals surface area contributed by atoms with Gasteiger partial charge in [-0.05, 0) is 51.3 Å². The monoisotopic (exact) mass is 506 g/mol. The number of hydrogen-bond donors (Lipinski definition) is 2. The molecule has 0 spiro atoms. The summed E-state index contributed by atoms with van der Waals surface area (Å²) >= 11 is 1.16. The molecule has 0 saturated carbocycles. The van der Waals surface area contributed by atoms with Crippen molar-refractivity contribution in [2.45, 2.75) is 62.0 Å².